The molecule has 1 aromatic heterocycles. The van der Waals surface area contributed by atoms with E-state index in [-0.39, 0.29) is 10.9 Å². The number of pyridine rings is 1. The van der Waals surface area contributed by atoms with Crippen molar-refractivity contribution in [3.05, 3.63) is 60.4 Å². The molecule has 0 aliphatic carbocycles. The Morgan fingerprint density at radius 3 is 2.20 bits per heavy atom. The summed E-state index contributed by atoms with van der Waals surface area (Å²) in [5, 5.41) is 7.70. The number of hydrogen-bond acceptors (Lipinski definition) is 3. The van der Waals surface area contributed by atoms with Gasteiger partial charge in [-0.15, -0.1) is 0 Å². The Hall–Kier alpha value is -1.97. The van der Waals surface area contributed by atoms with E-state index in [0.717, 1.165) is 0 Å². The van der Waals surface area contributed by atoms with Crippen LogP contribution in [0.15, 0.2) is 54.9 Å². The average molecular weight is 291 g/mol. The number of carboxylic acids is 1. The van der Waals surface area contributed by atoms with Gasteiger partial charge in [-0.1, -0.05) is 30.3 Å². The van der Waals surface area contributed by atoms with Crippen LogP contribution in [0, 0.1) is 0 Å². The maximum atomic E-state index is 12.8. The van der Waals surface area contributed by atoms with Crippen LogP contribution in [0.5, 0.6) is 0 Å². The summed E-state index contributed by atoms with van der Waals surface area (Å²) in [5.74, 6) is -1.34. The van der Waals surface area contributed by atoms with Gasteiger partial charge in [0.15, 0.2) is 5.16 Å². The smallest absolute Gasteiger partial charge is 0.324 e. The highest BCUT2D eigenvalue weighted by atomic mass is 31.2. The van der Waals surface area contributed by atoms with Crippen molar-refractivity contribution < 1.29 is 19.4 Å². The average Bonchev–Trinajstić information content (AvgIpc) is 2.47. The molecule has 2 rings (SSSR count). The Balaban J connectivity index is 2.66. The zero-order valence-corrected chi connectivity index (χ0v) is 11.7. The fourth-order valence-electron chi connectivity index (χ4n) is 2.00. The molecule has 0 bridgehead atoms. The summed E-state index contributed by atoms with van der Waals surface area (Å²) < 4.78 is 12.8. The quantitative estimate of drug-likeness (QED) is 0.841. The summed E-state index contributed by atoms with van der Waals surface area (Å²) in [5.41, 5.74) is 0.287. The summed E-state index contributed by atoms with van der Waals surface area (Å²) in [6.07, 6.45) is 2.73. The fraction of sp³-hybridized carbons (Fsp3) is 0.143. The molecule has 0 saturated carbocycles. The number of benzene rings is 1. The predicted molar refractivity (Wildman–Crippen MR) is 75.1 cm³/mol. The summed E-state index contributed by atoms with van der Waals surface area (Å²) in [4.78, 5) is 25.9. The van der Waals surface area contributed by atoms with Crippen LogP contribution in [0.3, 0.4) is 0 Å². The van der Waals surface area contributed by atoms with Crippen molar-refractivity contribution in [2.45, 2.75) is 12.1 Å². The Kier molecular flexibility index (Phi) is 3.75. The maximum absolute atomic E-state index is 12.8. The molecule has 0 spiro atoms. The fourth-order valence-corrected chi connectivity index (χ4v) is 3.81. The van der Waals surface area contributed by atoms with E-state index in [1.54, 1.807) is 18.2 Å². The Labute approximate surface area is 116 Å². The van der Waals surface area contributed by atoms with Crippen molar-refractivity contribution in [1.82, 2.24) is 4.98 Å². The minimum absolute atomic E-state index is 0.0706. The van der Waals surface area contributed by atoms with Gasteiger partial charge in [0, 0.05) is 17.7 Å². The third-order valence-corrected chi connectivity index (χ3v) is 6.03. The third kappa shape index (κ3) is 2.15. The third-order valence-electron chi connectivity index (χ3n) is 3.37. The number of aromatic nitrogens is 1. The van der Waals surface area contributed by atoms with Gasteiger partial charge in [0.1, 0.15) is 0 Å². The molecule has 0 fully saturated rings. The van der Waals surface area contributed by atoms with Gasteiger partial charge in [-0.25, -0.2) is 0 Å². The van der Waals surface area contributed by atoms with Crippen LogP contribution in [0.25, 0.3) is 0 Å². The van der Waals surface area contributed by atoms with Crippen molar-refractivity contribution in [2.75, 3.05) is 0 Å². The lowest BCUT2D eigenvalue weighted by Crippen LogP contribution is -2.36. The van der Waals surface area contributed by atoms with Gasteiger partial charge < -0.3 is 10.00 Å². The molecule has 0 aliphatic heterocycles. The molecule has 0 saturated heterocycles. The van der Waals surface area contributed by atoms with E-state index in [4.69, 9.17) is 0 Å². The highest BCUT2D eigenvalue weighted by Gasteiger charge is 2.52. The maximum Gasteiger partial charge on any atom is 0.324 e. The van der Waals surface area contributed by atoms with Gasteiger partial charge in [-0.05, 0) is 24.6 Å². The van der Waals surface area contributed by atoms with Gasteiger partial charge in [-0.2, -0.15) is 0 Å². The van der Waals surface area contributed by atoms with Crippen LogP contribution in [0.4, 0.5) is 0 Å². The molecule has 0 radical (unpaired) electrons. The Bertz CT molecular complexity index is 659. The first-order valence-electron chi connectivity index (χ1n) is 5.93. The van der Waals surface area contributed by atoms with Gasteiger partial charge in [0.05, 0.1) is 0 Å². The lowest BCUT2D eigenvalue weighted by atomic mass is 10.0. The first kappa shape index (κ1) is 14.4. The van der Waals surface area contributed by atoms with Crippen LogP contribution >= 0.6 is 7.37 Å². The van der Waals surface area contributed by atoms with E-state index in [1.807, 2.05) is 0 Å². The molecule has 2 unspecified atom stereocenters. The molecule has 2 atom stereocenters. The van der Waals surface area contributed by atoms with E-state index in [0.29, 0.717) is 0 Å². The van der Waals surface area contributed by atoms with Crippen LogP contribution in [0.2, 0.25) is 0 Å². The molecule has 1 heterocycles. The van der Waals surface area contributed by atoms with Crippen molar-refractivity contribution in [3.8, 4) is 0 Å². The number of nitrogens with zero attached hydrogens (tertiary/aromatic N) is 1. The van der Waals surface area contributed by atoms with E-state index in [9.17, 15) is 19.4 Å². The first-order valence-corrected chi connectivity index (χ1v) is 7.59. The van der Waals surface area contributed by atoms with Gasteiger partial charge in [0.25, 0.3) is 7.37 Å². The van der Waals surface area contributed by atoms with E-state index in [1.165, 1.54) is 43.6 Å². The highest BCUT2D eigenvalue weighted by molar-refractivity contribution is 7.68. The number of carboxylic acid groups (broad SMARTS) is 1. The molecular formula is C14H14NO4P. The zero-order valence-electron chi connectivity index (χ0n) is 10.8. The standard InChI is InChI=1S/C14H14NO4P/c1-14(13(16)17,11-5-3-2-4-6-11)20(18,19)12-7-9-15-10-8-12/h2-10H,1H3,(H,16,17)(H,18,19). The second-order valence-electron chi connectivity index (χ2n) is 4.52. The second kappa shape index (κ2) is 5.19. The van der Waals surface area contributed by atoms with Crippen LogP contribution in [-0.4, -0.2) is 21.0 Å². The molecule has 6 heteroatoms. The zero-order chi connectivity index (χ0) is 14.8. The highest BCUT2D eigenvalue weighted by Crippen LogP contribution is 2.59. The summed E-state index contributed by atoms with van der Waals surface area (Å²) in [7, 11) is -4.18. The van der Waals surface area contributed by atoms with Gasteiger partial charge >= 0.3 is 5.97 Å². The first-order chi connectivity index (χ1) is 9.40. The number of aliphatic carboxylic acids is 1. The number of carbonyl (C=O) groups is 1. The van der Waals surface area contributed by atoms with Crippen LogP contribution < -0.4 is 5.30 Å². The molecule has 20 heavy (non-hydrogen) atoms. The van der Waals surface area contributed by atoms with E-state index < -0.39 is 18.5 Å². The second-order valence-corrected chi connectivity index (χ2v) is 7.09. The Morgan fingerprint density at radius 1 is 1.15 bits per heavy atom. The molecule has 5 nitrogen and oxygen atoms in total. The number of hydrogen-bond donors (Lipinski definition) is 2. The lowest BCUT2D eigenvalue weighted by Gasteiger charge is -2.30. The van der Waals surface area contributed by atoms with Crippen molar-refractivity contribution in [3.63, 3.8) is 0 Å². The molecule has 104 valence electrons. The van der Waals surface area contributed by atoms with Crippen molar-refractivity contribution in [2.24, 2.45) is 0 Å². The van der Waals surface area contributed by atoms with Crippen LogP contribution in [-0.2, 0) is 14.5 Å². The monoisotopic (exact) mass is 291 g/mol. The summed E-state index contributed by atoms with van der Waals surface area (Å²) in [6.45, 7) is 1.27. The Morgan fingerprint density at radius 2 is 1.70 bits per heavy atom. The number of rotatable bonds is 4. The predicted octanol–water partition coefficient (Wildman–Crippen LogP) is 1.98. The van der Waals surface area contributed by atoms with Crippen molar-refractivity contribution in [1.29, 1.82) is 0 Å². The molecule has 0 amide bonds. The summed E-state index contributed by atoms with van der Waals surface area (Å²) >= 11 is 0. The topological polar surface area (TPSA) is 87.5 Å². The molecule has 2 aromatic rings. The van der Waals surface area contributed by atoms with Crippen LogP contribution in [0.1, 0.15) is 12.5 Å². The van der Waals surface area contributed by atoms with E-state index >= 15 is 0 Å². The SMILES string of the molecule is CC(C(=O)O)(c1ccccc1)P(=O)(O)c1ccncc1. The largest absolute Gasteiger partial charge is 0.480 e. The lowest BCUT2D eigenvalue weighted by molar-refractivity contribution is -0.140. The normalized spacial score (nSPS) is 16.9. The van der Waals surface area contributed by atoms with Crippen molar-refractivity contribution >= 4 is 18.6 Å². The minimum Gasteiger partial charge on any atom is -0.480 e. The molecule has 2 N–H and O–H groups in total. The molecule has 1 aromatic carbocycles. The van der Waals surface area contributed by atoms with E-state index in [2.05, 4.69) is 4.98 Å². The summed E-state index contributed by atoms with van der Waals surface area (Å²) in [6, 6.07) is 10.8. The van der Waals surface area contributed by atoms with Gasteiger partial charge in [0.2, 0.25) is 0 Å². The minimum atomic E-state index is -4.18. The molecule has 0 aliphatic rings. The van der Waals surface area contributed by atoms with Gasteiger partial charge in [-0.3, -0.25) is 14.3 Å². The molecular weight excluding hydrogens is 277 g/mol.